The average Bonchev–Trinajstić information content (AvgIpc) is 2.19. The lowest BCUT2D eigenvalue weighted by molar-refractivity contribution is -0.214. The van der Waals surface area contributed by atoms with Gasteiger partial charge in [0.1, 0.15) is 13.2 Å². The highest BCUT2D eigenvalue weighted by molar-refractivity contribution is 5.95. The molecule has 1 aliphatic heterocycles. The number of amides is 1. The molecule has 1 heterocycles. The molecule has 5 heteroatoms. The number of nitrogens with zero attached hydrogens (tertiary/aromatic N) is 1. The van der Waals surface area contributed by atoms with Crippen molar-refractivity contribution in [2.75, 3.05) is 18.1 Å². The van der Waals surface area contributed by atoms with Gasteiger partial charge in [0, 0.05) is 5.69 Å². The van der Waals surface area contributed by atoms with Crippen molar-refractivity contribution in [3.05, 3.63) is 29.8 Å². The second-order valence-electron chi connectivity index (χ2n) is 3.83. The normalized spacial score (nSPS) is 19.9. The van der Waals surface area contributed by atoms with Crippen molar-refractivity contribution in [3.63, 3.8) is 0 Å². The van der Waals surface area contributed by atoms with Gasteiger partial charge in [0.05, 0.1) is 0 Å². The van der Waals surface area contributed by atoms with Gasteiger partial charge in [-0.2, -0.15) is 0 Å². The van der Waals surface area contributed by atoms with Crippen molar-refractivity contribution in [1.29, 1.82) is 0 Å². The van der Waals surface area contributed by atoms with Crippen molar-refractivity contribution in [3.8, 4) is 0 Å². The summed E-state index contributed by atoms with van der Waals surface area (Å²) >= 11 is 0. The maximum Gasteiger partial charge on any atom is 0.278 e. The minimum absolute atomic E-state index is 0.142. The van der Waals surface area contributed by atoms with Gasteiger partial charge in [-0.05, 0) is 19.1 Å². The van der Waals surface area contributed by atoms with Crippen LogP contribution >= 0.6 is 0 Å². The zero-order chi connectivity index (χ0) is 11.8. The summed E-state index contributed by atoms with van der Waals surface area (Å²) in [6, 6.07) is 6.93. The quantitative estimate of drug-likeness (QED) is 0.657. The summed E-state index contributed by atoms with van der Waals surface area (Å²) in [7, 11) is 0. The van der Waals surface area contributed by atoms with Gasteiger partial charge >= 0.3 is 0 Å². The Kier molecular flexibility index (Phi) is 2.67. The zero-order valence-corrected chi connectivity index (χ0v) is 8.88. The highest BCUT2D eigenvalue weighted by Crippen LogP contribution is 2.24. The molecule has 1 amide bonds. The Labute approximate surface area is 92.9 Å². The Morgan fingerprint density at radius 3 is 2.50 bits per heavy atom. The predicted octanol–water partition coefficient (Wildman–Crippen LogP) is -0.00338. The van der Waals surface area contributed by atoms with Crippen LogP contribution < -0.4 is 4.90 Å². The fourth-order valence-electron chi connectivity index (χ4n) is 1.65. The van der Waals surface area contributed by atoms with Gasteiger partial charge in [-0.1, -0.05) is 17.7 Å². The summed E-state index contributed by atoms with van der Waals surface area (Å²) in [5, 5.41) is 19.3. The molecule has 1 aliphatic rings. The van der Waals surface area contributed by atoms with Crippen molar-refractivity contribution in [2.45, 2.75) is 12.8 Å². The lowest BCUT2D eigenvalue weighted by Gasteiger charge is -2.38. The first kappa shape index (κ1) is 11.1. The molecular weight excluding hydrogens is 210 g/mol. The Hall–Kier alpha value is -1.43. The minimum Gasteiger partial charge on any atom is -0.364 e. The van der Waals surface area contributed by atoms with Gasteiger partial charge < -0.3 is 14.9 Å². The number of hydrogen-bond donors (Lipinski definition) is 2. The molecule has 0 atom stereocenters. The van der Waals surface area contributed by atoms with Gasteiger partial charge in [-0.15, -0.1) is 0 Å². The van der Waals surface area contributed by atoms with E-state index < -0.39 is 11.8 Å². The van der Waals surface area contributed by atoms with E-state index in [4.69, 9.17) is 4.74 Å². The summed E-state index contributed by atoms with van der Waals surface area (Å²) < 4.78 is 4.78. The highest BCUT2D eigenvalue weighted by Gasteiger charge is 2.41. The Morgan fingerprint density at radius 2 is 1.94 bits per heavy atom. The largest absolute Gasteiger partial charge is 0.364 e. The van der Waals surface area contributed by atoms with E-state index in [0.717, 1.165) is 10.5 Å². The molecular formula is C11H13NO4. The Balaban J connectivity index is 2.36. The van der Waals surface area contributed by atoms with Crippen LogP contribution in [0, 0.1) is 6.92 Å². The molecule has 2 N–H and O–H groups in total. The lowest BCUT2D eigenvalue weighted by atomic mass is 10.2. The molecule has 5 nitrogen and oxygen atoms in total. The summed E-state index contributed by atoms with van der Waals surface area (Å²) in [6.07, 6.45) is 0. The smallest absolute Gasteiger partial charge is 0.278 e. The monoisotopic (exact) mass is 223 g/mol. The molecule has 0 aromatic heterocycles. The Bertz CT molecular complexity index is 399. The van der Waals surface area contributed by atoms with Crippen LogP contribution in [0.2, 0.25) is 0 Å². The van der Waals surface area contributed by atoms with E-state index in [1.54, 1.807) is 24.3 Å². The number of carbonyl (C=O) groups is 1. The molecule has 1 saturated heterocycles. The van der Waals surface area contributed by atoms with E-state index in [-0.39, 0.29) is 13.2 Å². The summed E-state index contributed by atoms with van der Waals surface area (Å²) in [5.74, 6) is -2.75. The number of anilines is 1. The topological polar surface area (TPSA) is 70.0 Å². The predicted molar refractivity (Wildman–Crippen MR) is 56.7 cm³/mol. The second kappa shape index (κ2) is 3.86. The summed E-state index contributed by atoms with van der Waals surface area (Å²) in [5.41, 5.74) is 1.48. The van der Waals surface area contributed by atoms with Crippen LogP contribution in [0.25, 0.3) is 0 Å². The molecule has 1 fully saturated rings. The van der Waals surface area contributed by atoms with Crippen LogP contribution in [-0.4, -0.2) is 35.2 Å². The fraction of sp³-hybridized carbons (Fsp3) is 0.364. The molecule has 1 aromatic rings. The highest BCUT2D eigenvalue weighted by atomic mass is 16.6. The molecule has 0 spiro atoms. The number of rotatable bonds is 1. The molecule has 1 aromatic carbocycles. The third-order valence-electron chi connectivity index (χ3n) is 2.42. The van der Waals surface area contributed by atoms with E-state index >= 15 is 0 Å². The van der Waals surface area contributed by atoms with Crippen LogP contribution in [0.1, 0.15) is 5.56 Å². The molecule has 0 unspecified atom stereocenters. The number of aliphatic hydroxyl groups is 2. The standard InChI is InChI=1S/C11H13NO4/c1-8-2-4-9(5-3-8)12-10(13)6-16-7-11(12,14)15/h2-5,14-15H,6-7H2,1H3. The molecule has 0 bridgehead atoms. The molecule has 0 saturated carbocycles. The SMILES string of the molecule is Cc1ccc(N2C(=O)COCC2(O)O)cc1. The van der Waals surface area contributed by atoms with Gasteiger partial charge in [0.2, 0.25) is 0 Å². The van der Waals surface area contributed by atoms with Gasteiger partial charge in [0.15, 0.2) is 0 Å². The molecule has 16 heavy (non-hydrogen) atoms. The molecule has 86 valence electrons. The summed E-state index contributed by atoms with van der Waals surface area (Å²) in [4.78, 5) is 12.5. The Morgan fingerprint density at radius 1 is 1.31 bits per heavy atom. The number of aryl methyl sites for hydroxylation is 1. The summed E-state index contributed by atoms with van der Waals surface area (Å²) in [6.45, 7) is 1.46. The van der Waals surface area contributed by atoms with Crippen molar-refractivity contribution in [1.82, 2.24) is 0 Å². The second-order valence-corrected chi connectivity index (χ2v) is 3.83. The van der Waals surface area contributed by atoms with Gasteiger partial charge in [0.25, 0.3) is 11.8 Å². The molecule has 2 rings (SSSR count). The van der Waals surface area contributed by atoms with Gasteiger partial charge in [-0.3, -0.25) is 9.69 Å². The maximum absolute atomic E-state index is 11.6. The number of morpholine rings is 1. The molecule has 0 radical (unpaired) electrons. The minimum atomic E-state index is -2.27. The van der Waals surface area contributed by atoms with Crippen molar-refractivity contribution >= 4 is 11.6 Å². The average molecular weight is 223 g/mol. The van der Waals surface area contributed by atoms with Crippen LogP contribution in [0.15, 0.2) is 24.3 Å². The van der Waals surface area contributed by atoms with E-state index in [0.29, 0.717) is 5.69 Å². The first-order valence-corrected chi connectivity index (χ1v) is 4.93. The van der Waals surface area contributed by atoms with Crippen molar-refractivity contribution in [2.24, 2.45) is 0 Å². The third kappa shape index (κ3) is 1.92. The zero-order valence-electron chi connectivity index (χ0n) is 8.88. The first-order valence-electron chi connectivity index (χ1n) is 4.93. The third-order valence-corrected chi connectivity index (χ3v) is 2.42. The van der Waals surface area contributed by atoms with Crippen LogP contribution in [-0.2, 0) is 9.53 Å². The van der Waals surface area contributed by atoms with E-state index in [1.807, 2.05) is 6.92 Å². The lowest BCUT2D eigenvalue weighted by Crippen LogP contribution is -2.60. The number of hydrogen-bond acceptors (Lipinski definition) is 4. The van der Waals surface area contributed by atoms with Crippen LogP contribution in [0.5, 0.6) is 0 Å². The van der Waals surface area contributed by atoms with Crippen molar-refractivity contribution < 1.29 is 19.7 Å². The number of carbonyl (C=O) groups excluding carboxylic acids is 1. The fourth-order valence-corrected chi connectivity index (χ4v) is 1.65. The number of benzene rings is 1. The molecule has 0 aliphatic carbocycles. The van der Waals surface area contributed by atoms with E-state index in [9.17, 15) is 15.0 Å². The van der Waals surface area contributed by atoms with Crippen LogP contribution in [0.4, 0.5) is 5.69 Å². The number of ether oxygens (including phenoxy) is 1. The van der Waals surface area contributed by atoms with E-state index in [1.165, 1.54) is 0 Å². The first-order chi connectivity index (χ1) is 7.50. The van der Waals surface area contributed by atoms with Crippen LogP contribution in [0.3, 0.4) is 0 Å². The maximum atomic E-state index is 11.6. The van der Waals surface area contributed by atoms with Gasteiger partial charge in [-0.25, -0.2) is 0 Å². The van der Waals surface area contributed by atoms with E-state index in [2.05, 4.69) is 0 Å².